The first-order valence-corrected chi connectivity index (χ1v) is 7.01. The van der Waals surface area contributed by atoms with Gasteiger partial charge < -0.3 is 0 Å². The summed E-state index contributed by atoms with van der Waals surface area (Å²) in [5.74, 6) is 1.20. The Bertz CT molecular complexity index is 347. The summed E-state index contributed by atoms with van der Waals surface area (Å²) in [7, 11) is 0. The Morgan fingerprint density at radius 3 is 2.44 bits per heavy atom. The third kappa shape index (κ3) is 2.61. The van der Waals surface area contributed by atoms with Gasteiger partial charge in [-0.1, -0.05) is 37.3 Å². The Morgan fingerprint density at radius 2 is 1.94 bits per heavy atom. The van der Waals surface area contributed by atoms with Crippen LogP contribution in [0.4, 0.5) is 0 Å². The Morgan fingerprint density at radius 1 is 1.25 bits per heavy atom. The van der Waals surface area contributed by atoms with E-state index in [1.165, 1.54) is 17.7 Å². The molecular weight excluding hydrogens is 214 g/mol. The summed E-state index contributed by atoms with van der Waals surface area (Å²) in [6.07, 6.45) is 2.30. The van der Waals surface area contributed by atoms with Gasteiger partial charge in [-0.25, -0.2) is 0 Å². The highest BCUT2D eigenvalue weighted by Crippen LogP contribution is 2.40. The lowest BCUT2D eigenvalue weighted by Crippen LogP contribution is -2.48. The first-order chi connectivity index (χ1) is 7.55. The lowest BCUT2D eigenvalue weighted by Gasteiger charge is -2.30. The van der Waals surface area contributed by atoms with E-state index in [4.69, 9.17) is 0 Å². The molecule has 1 N–H and O–H groups in total. The molecule has 1 fully saturated rings. The Hall–Kier alpha value is -0.470. The van der Waals surface area contributed by atoms with Gasteiger partial charge in [0.1, 0.15) is 0 Å². The van der Waals surface area contributed by atoms with Crippen LogP contribution >= 0.6 is 11.8 Å². The number of thioether (sulfide) groups is 1. The van der Waals surface area contributed by atoms with E-state index < -0.39 is 0 Å². The zero-order chi connectivity index (χ0) is 11.6. The summed E-state index contributed by atoms with van der Waals surface area (Å²) in [6.45, 7) is 6.87. The molecule has 1 heterocycles. The molecule has 1 unspecified atom stereocenters. The largest absolute Gasteiger partial charge is 0.297 e. The lowest BCUT2D eigenvalue weighted by molar-refractivity contribution is 0.354. The van der Waals surface area contributed by atoms with Crippen molar-refractivity contribution < 1.29 is 0 Å². The topological polar surface area (TPSA) is 12.0 Å². The smallest absolute Gasteiger partial charge is 0.0688 e. The molecule has 16 heavy (non-hydrogen) atoms. The van der Waals surface area contributed by atoms with Gasteiger partial charge in [0.2, 0.25) is 0 Å². The van der Waals surface area contributed by atoms with E-state index in [0.29, 0.717) is 0 Å². The molecular formula is C14H21NS. The molecule has 0 spiro atoms. The van der Waals surface area contributed by atoms with Crippen LogP contribution in [0.5, 0.6) is 0 Å². The molecule has 1 aliphatic heterocycles. The summed E-state index contributed by atoms with van der Waals surface area (Å²) in [6, 6.07) is 10.8. The number of hydrogen-bond donors (Lipinski definition) is 1. The molecule has 1 saturated heterocycles. The zero-order valence-electron chi connectivity index (χ0n) is 10.4. The molecule has 1 aromatic carbocycles. The minimum atomic E-state index is 0.241. The van der Waals surface area contributed by atoms with Crippen LogP contribution in [0.25, 0.3) is 0 Å². The van der Waals surface area contributed by atoms with Crippen LogP contribution in [0.15, 0.2) is 30.3 Å². The van der Waals surface area contributed by atoms with E-state index >= 15 is 0 Å². The predicted molar refractivity (Wildman–Crippen MR) is 72.8 cm³/mol. The monoisotopic (exact) mass is 235 g/mol. The van der Waals surface area contributed by atoms with E-state index in [0.717, 1.165) is 6.42 Å². The van der Waals surface area contributed by atoms with Crippen molar-refractivity contribution in [3.05, 3.63) is 35.9 Å². The number of nitrogens with one attached hydrogen (secondary N) is 1. The van der Waals surface area contributed by atoms with Crippen LogP contribution in [0, 0.1) is 0 Å². The molecule has 1 nitrogen and oxygen atoms in total. The number of rotatable bonds is 3. The molecule has 2 rings (SSSR count). The van der Waals surface area contributed by atoms with Gasteiger partial charge in [0.15, 0.2) is 0 Å². The van der Waals surface area contributed by atoms with Crippen LogP contribution < -0.4 is 5.32 Å². The molecule has 0 aromatic heterocycles. The Kier molecular flexibility index (Phi) is 3.32. The molecule has 1 atom stereocenters. The van der Waals surface area contributed by atoms with E-state index in [2.05, 4.69) is 68.2 Å². The average Bonchev–Trinajstić information content (AvgIpc) is 2.57. The maximum atomic E-state index is 3.80. The Balaban J connectivity index is 2.13. The van der Waals surface area contributed by atoms with Gasteiger partial charge in [-0.2, -0.15) is 0 Å². The second-order valence-corrected chi connectivity index (χ2v) is 6.67. The molecule has 0 aliphatic carbocycles. The van der Waals surface area contributed by atoms with Crippen molar-refractivity contribution in [1.82, 2.24) is 5.32 Å². The number of hydrogen-bond acceptors (Lipinski definition) is 2. The highest BCUT2D eigenvalue weighted by atomic mass is 32.2. The fourth-order valence-electron chi connectivity index (χ4n) is 2.34. The summed E-state index contributed by atoms with van der Waals surface area (Å²) < 4.78 is 0. The van der Waals surface area contributed by atoms with E-state index in [9.17, 15) is 0 Å². The third-order valence-corrected chi connectivity index (χ3v) is 5.13. The SMILES string of the molecule is CCC1(Cc2ccccc2)NC(C)(C)CS1. The molecule has 2 heteroatoms. The summed E-state index contributed by atoms with van der Waals surface area (Å²) >= 11 is 2.08. The predicted octanol–water partition coefficient (Wildman–Crippen LogP) is 3.45. The molecule has 0 amide bonds. The van der Waals surface area contributed by atoms with Crippen LogP contribution in [0.1, 0.15) is 32.8 Å². The minimum absolute atomic E-state index is 0.241. The summed E-state index contributed by atoms with van der Waals surface area (Å²) in [4.78, 5) is 0.241. The fourth-order valence-corrected chi connectivity index (χ4v) is 3.87. The lowest BCUT2D eigenvalue weighted by atomic mass is 9.99. The van der Waals surface area contributed by atoms with Crippen molar-refractivity contribution in [3.63, 3.8) is 0 Å². The van der Waals surface area contributed by atoms with E-state index in [-0.39, 0.29) is 10.4 Å². The quantitative estimate of drug-likeness (QED) is 0.861. The van der Waals surface area contributed by atoms with Crippen molar-refractivity contribution in [3.8, 4) is 0 Å². The van der Waals surface area contributed by atoms with Crippen molar-refractivity contribution in [2.24, 2.45) is 0 Å². The molecule has 0 saturated carbocycles. The van der Waals surface area contributed by atoms with Gasteiger partial charge in [-0.05, 0) is 32.3 Å². The van der Waals surface area contributed by atoms with E-state index in [1.807, 2.05) is 0 Å². The standard InChI is InChI=1S/C14H21NS/c1-4-14(15-13(2,3)11-16-14)10-12-8-6-5-7-9-12/h5-9,15H,4,10-11H2,1-3H3. The normalized spacial score (nSPS) is 28.2. The van der Waals surface area contributed by atoms with Gasteiger partial charge in [-0.3, -0.25) is 5.32 Å². The highest BCUT2D eigenvalue weighted by Gasteiger charge is 2.41. The van der Waals surface area contributed by atoms with Gasteiger partial charge in [0.25, 0.3) is 0 Å². The van der Waals surface area contributed by atoms with Crippen LogP contribution in [0.3, 0.4) is 0 Å². The molecule has 88 valence electrons. The molecule has 1 aromatic rings. The first kappa shape index (κ1) is 12.0. The minimum Gasteiger partial charge on any atom is -0.297 e. The van der Waals surface area contributed by atoms with Crippen molar-refractivity contribution in [2.75, 3.05) is 5.75 Å². The fraction of sp³-hybridized carbons (Fsp3) is 0.571. The number of benzene rings is 1. The van der Waals surface area contributed by atoms with E-state index in [1.54, 1.807) is 0 Å². The maximum Gasteiger partial charge on any atom is 0.0688 e. The zero-order valence-corrected chi connectivity index (χ0v) is 11.2. The van der Waals surface area contributed by atoms with Gasteiger partial charge in [0, 0.05) is 11.3 Å². The van der Waals surface area contributed by atoms with Gasteiger partial charge in [0.05, 0.1) is 4.87 Å². The summed E-state index contributed by atoms with van der Waals surface area (Å²) in [5.41, 5.74) is 1.71. The first-order valence-electron chi connectivity index (χ1n) is 6.02. The Labute approximate surface area is 103 Å². The van der Waals surface area contributed by atoms with Gasteiger partial charge in [-0.15, -0.1) is 11.8 Å². The average molecular weight is 235 g/mol. The summed E-state index contributed by atoms with van der Waals surface area (Å²) in [5, 5.41) is 3.80. The van der Waals surface area contributed by atoms with Crippen molar-refractivity contribution >= 4 is 11.8 Å². The second kappa shape index (κ2) is 4.42. The second-order valence-electron chi connectivity index (χ2n) is 5.31. The molecule has 1 aliphatic rings. The van der Waals surface area contributed by atoms with Crippen LogP contribution in [-0.2, 0) is 6.42 Å². The molecule has 0 radical (unpaired) electrons. The van der Waals surface area contributed by atoms with Crippen molar-refractivity contribution in [1.29, 1.82) is 0 Å². The maximum absolute atomic E-state index is 3.80. The molecule has 0 bridgehead atoms. The third-order valence-electron chi connectivity index (χ3n) is 3.18. The highest BCUT2D eigenvalue weighted by molar-refractivity contribution is 8.01. The van der Waals surface area contributed by atoms with Crippen LogP contribution in [0.2, 0.25) is 0 Å². The van der Waals surface area contributed by atoms with Gasteiger partial charge >= 0.3 is 0 Å². The van der Waals surface area contributed by atoms with Crippen molar-refractivity contribution in [2.45, 2.75) is 44.0 Å². The van der Waals surface area contributed by atoms with Crippen LogP contribution in [-0.4, -0.2) is 16.2 Å².